The molecule has 0 saturated carbocycles. The first-order chi connectivity index (χ1) is 13.6. The van der Waals surface area contributed by atoms with Crippen LogP contribution in [0.2, 0.25) is 5.02 Å². The first kappa shape index (κ1) is 19.2. The highest BCUT2D eigenvalue weighted by atomic mass is 35.5. The van der Waals surface area contributed by atoms with Gasteiger partial charge >= 0.3 is 0 Å². The Kier molecular flexibility index (Phi) is 5.84. The van der Waals surface area contributed by atoms with Crippen LogP contribution in [-0.2, 0) is 4.79 Å². The Labute approximate surface area is 176 Å². The lowest BCUT2D eigenvalue weighted by atomic mass is 10.2. The summed E-state index contributed by atoms with van der Waals surface area (Å²) in [5, 5.41) is 12.5. The van der Waals surface area contributed by atoms with E-state index in [1.807, 2.05) is 46.2 Å². The van der Waals surface area contributed by atoms with E-state index in [1.54, 1.807) is 17.7 Å². The number of carbonyl (C=O) groups is 1. The van der Waals surface area contributed by atoms with Crippen LogP contribution in [0.15, 0.2) is 41.3 Å². The summed E-state index contributed by atoms with van der Waals surface area (Å²) in [6.45, 7) is 4.99. The number of aryl methyl sites for hydroxylation is 1. The van der Waals surface area contributed by atoms with Gasteiger partial charge in [0.1, 0.15) is 6.33 Å². The predicted molar refractivity (Wildman–Crippen MR) is 113 cm³/mol. The zero-order valence-corrected chi connectivity index (χ0v) is 17.7. The molecule has 1 aromatic carbocycles. The van der Waals surface area contributed by atoms with Crippen LogP contribution in [0, 0.1) is 6.92 Å². The number of halogens is 1. The summed E-state index contributed by atoms with van der Waals surface area (Å²) < 4.78 is 1.85. The van der Waals surface area contributed by atoms with Gasteiger partial charge in [0.2, 0.25) is 5.91 Å². The molecular formula is C18H19ClN6OS2. The van der Waals surface area contributed by atoms with Crippen molar-refractivity contribution in [3.8, 4) is 5.69 Å². The monoisotopic (exact) mass is 434 g/mol. The van der Waals surface area contributed by atoms with Crippen molar-refractivity contribution in [2.75, 3.05) is 36.8 Å². The second-order valence-electron chi connectivity index (χ2n) is 6.39. The van der Waals surface area contributed by atoms with Crippen LogP contribution in [0.25, 0.3) is 5.69 Å². The van der Waals surface area contributed by atoms with Gasteiger partial charge < -0.3 is 9.80 Å². The molecule has 28 heavy (non-hydrogen) atoms. The molecule has 10 heteroatoms. The number of hydrogen-bond donors (Lipinski definition) is 0. The van der Waals surface area contributed by atoms with Gasteiger partial charge in [-0.05, 0) is 24.6 Å². The maximum Gasteiger partial charge on any atom is 0.233 e. The average Bonchev–Trinajstić information content (AvgIpc) is 3.40. The molecule has 0 spiro atoms. The van der Waals surface area contributed by atoms with E-state index in [1.165, 1.54) is 11.8 Å². The lowest BCUT2D eigenvalue weighted by Crippen LogP contribution is -2.49. The van der Waals surface area contributed by atoms with Crippen molar-refractivity contribution in [1.82, 2.24) is 24.6 Å². The van der Waals surface area contributed by atoms with Crippen molar-refractivity contribution in [3.63, 3.8) is 0 Å². The number of thioether (sulfide) groups is 1. The van der Waals surface area contributed by atoms with Crippen molar-refractivity contribution in [1.29, 1.82) is 0 Å². The number of piperazine rings is 1. The Hall–Kier alpha value is -2.10. The number of nitrogens with zero attached hydrogens (tertiary/aromatic N) is 6. The molecule has 1 amide bonds. The van der Waals surface area contributed by atoms with E-state index in [0.717, 1.165) is 29.5 Å². The summed E-state index contributed by atoms with van der Waals surface area (Å²) in [5.74, 6) is 0.440. The van der Waals surface area contributed by atoms with Crippen molar-refractivity contribution in [2.45, 2.75) is 12.1 Å². The molecule has 1 aliphatic heterocycles. The highest BCUT2D eigenvalue weighted by Gasteiger charge is 2.23. The Morgan fingerprint density at radius 3 is 2.82 bits per heavy atom. The van der Waals surface area contributed by atoms with Crippen LogP contribution in [0.5, 0.6) is 0 Å². The summed E-state index contributed by atoms with van der Waals surface area (Å²) in [6, 6.07) is 5.80. The zero-order valence-electron chi connectivity index (χ0n) is 15.3. The van der Waals surface area contributed by atoms with E-state index in [9.17, 15) is 4.79 Å². The Morgan fingerprint density at radius 2 is 2.11 bits per heavy atom. The molecule has 3 aromatic rings. The molecule has 0 aliphatic carbocycles. The van der Waals surface area contributed by atoms with Crippen LogP contribution in [0.4, 0.5) is 5.13 Å². The van der Waals surface area contributed by atoms with Crippen LogP contribution < -0.4 is 4.90 Å². The number of thiazole rings is 1. The zero-order chi connectivity index (χ0) is 19.5. The third kappa shape index (κ3) is 4.16. The largest absolute Gasteiger partial charge is 0.345 e. The topological polar surface area (TPSA) is 67.2 Å². The van der Waals surface area contributed by atoms with Crippen LogP contribution in [0.1, 0.15) is 5.56 Å². The summed E-state index contributed by atoms with van der Waals surface area (Å²) in [6.07, 6.45) is 3.45. The van der Waals surface area contributed by atoms with Gasteiger partial charge in [0.25, 0.3) is 0 Å². The van der Waals surface area contributed by atoms with Gasteiger partial charge in [0.05, 0.1) is 11.4 Å². The maximum absolute atomic E-state index is 12.6. The Balaban J connectivity index is 1.35. The van der Waals surface area contributed by atoms with E-state index < -0.39 is 0 Å². The summed E-state index contributed by atoms with van der Waals surface area (Å²) in [4.78, 5) is 21.1. The molecule has 146 valence electrons. The molecule has 0 unspecified atom stereocenters. The van der Waals surface area contributed by atoms with Crippen molar-refractivity contribution in [2.24, 2.45) is 0 Å². The Morgan fingerprint density at radius 1 is 1.29 bits per heavy atom. The maximum atomic E-state index is 12.6. The first-order valence-electron chi connectivity index (χ1n) is 8.83. The van der Waals surface area contributed by atoms with Crippen molar-refractivity contribution in [3.05, 3.63) is 46.7 Å². The fraction of sp³-hybridized carbons (Fsp3) is 0.333. The number of amides is 1. The minimum atomic E-state index is 0.111. The van der Waals surface area contributed by atoms with Gasteiger partial charge in [-0.25, -0.2) is 4.98 Å². The molecule has 0 radical (unpaired) electrons. The summed E-state index contributed by atoms with van der Waals surface area (Å²) in [7, 11) is 0. The van der Waals surface area contributed by atoms with Gasteiger partial charge in [-0.15, -0.1) is 21.5 Å². The molecular weight excluding hydrogens is 416 g/mol. The van der Waals surface area contributed by atoms with E-state index in [2.05, 4.69) is 20.1 Å². The molecule has 1 aliphatic rings. The standard InChI is InChI=1S/C18H19ClN6OS2/c1-13-2-3-14(10-15(13)19)25-12-21-22-18(25)28-11-16(26)23-5-7-24(8-6-23)17-20-4-9-27-17/h2-4,9-10,12H,5-8,11H2,1H3. The molecule has 4 rings (SSSR count). The molecule has 7 nitrogen and oxygen atoms in total. The fourth-order valence-electron chi connectivity index (χ4n) is 2.97. The lowest BCUT2D eigenvalue weighted by Gasteiger charge is -2.34. The van der Waals surface area contributed by atoms with E-state index in [-0.39, 0.29) is 5.91 Å². The molecule has 2 aromatic heterocycles. The number of carbonyl (C=O) groups excluding carboxylic acids is 1. The summed E-state index contributed by atoms with van der Waals surface area (Å²) in [5.41, 5.74) is 1.90. The van der Waals surface area contributed by atoms with Crippen LogP contribution >= 0.6 is 34.7 Å². The number of benzene rings is 1. The molecule has 0 bridgehead atoms. The normalized spacial score (nSPS) is 14.5. The second-order valence-corrected chi connectivity index (χ2v) is 8.61. The number of aromatic nitrogens is 4. The number of anilines is 1. The minimum absolute atomic E-state index is 0.111. The molecule has 1 fully saturated rings. The van der Waals surface area contributed by atoms with E-state index in [4.69, 9.17) is 11.6 Å². The van der Waals surface area contributed by atoms with E-state index in [0.29, 0.717) is 29.0 Å². The fourth-order valence-corrected chi connectivity index (χ4v) is 4.67. The lowest BCUT2D eigenvalue weighted by molar-refractivity contribution is -0.128. The van der Waals surface area contributed by atoms with Crippen LogP contribution in [0.3, 0.4) is 0 Å². The van der Waals surface area contributed by atoms with Gasteiger partial charge in [0.15, 0.2) is 10.3 Å². The minimum Gasteiger partial charge on any atom is -0.345 e. The number of rotatable bonds is 5. The SMILES string of the molecule is Cc1ccc(-n2cnnc2SCC(=O)N2CCN(c3nccs3)CC2)cc1Cl. The second kappa shape index (κ2) is 8.50. The Bertz CT molecular complexity index is 953. The van der Waals surface area contributed by atoms with Crippen molar-refractivity contribution < 1.29 is 4.79 Å². The highest BCUT2D eigenvalue weighted by Crippen LogP contribution is 2.24. The highest BCUT2D eigenvalue weighted by molar-refractivity contribution is 7.99. The van der Waals surface area contributed by atoms with E-state index >= 15 is 0 Å². The average molecular weight is 435 g/mol. The molecule has 0 N–H and O–H groups in total. The quantitative estimate of drug-likeness (QED) is 0.575. The van der Waals surface area contributed by atoms with Gasteiger partial charge in [-0.3, -0.25) is 9.36 Å². The first-order valence-corrected chi connectivity index (χ1v) is 11.1. The molecule has 3 heterocycles. The van der Waals surface area contributed by atoms with Crippen molar-refractivity contribution >= 4 is 45.7 Å². The molecule has 0 atom stereocenters. The third-order valence-corrected chi connectivity index (χ3v) is 6.76. The smallest absolute Gasteiger partial charge is 0.233 e. The van der Waals surface area contributed by atoms with Gasteiger partial charge in [-0.1, -0.05) is 29.4 Å². The van der Waals surface area contributed by atoms with Gasteiger partial charge in [-0.2, -0.15) is 0 Å². The summed E-state index contributed by atoms with van der Waals surface area (Å²) >= 11 is 9.25. The number of hydrogen-bond acceptors (Lipinski definition) is 7. The molecule has 1 saturated heterocycles. The third-order valence-electron chi connectivity index (χ3n) is 4.60. The van der Waals surface area contributed by atoms with Crippen LogP contribution in [-0.4, -0.2) is 62.5 Å². The predicted octanol–water partition coefficient (Wildman–Crippen LogP) is 3.13. The van der Waals surface area contributed by atoms with Gasteiger partial charge in [0, 0.05) is 42.8 Å².